The van der Waals surface area contributed by atoms with Crippen LogP contribution in [0.2, 0.25) is 0 Å². The predicted octanol–water partition coefficient (Wildman–Crippen LogP) is 4.10. The van der Waals surface area contributed by atoms with Crippen LogP contribution >= 0.6 is 23.1 Å². The molecule has 1 N–H and O–H groups in total. The Bertz CT molecular complexity index is 299. The van der Waals surface area contributed by atoms with Gasteiger partial charge in [-0.05, 0) is 39.7 Å². The molecule has 1 heterocycles. The Morgan fingerprint density at radius 3 is 2.94 bits per heavy atom. The van der Waals surface area contributed by atoms with Crippen LogP contribution in [0, 0.1) is 6.92 Å². The van der Waals surface area contributed by atoms with Crippen LogP contribution in [0.1, 0.15) is 45.2 Å². The first-order valence-electron chi connectivity index (χ1n) is 6.50. The summed E-state index contributed by atoms with van der Waals surface area (Å²) in [4.78, 5) is 4.45. The van der Waals surface area contributed by atoms with E-state index in [0.717, 1.165) is 12.2 Å². The van der Waals surface area contributed by atoms with Gasteiger partial charge in [-0.15, -0.1) is 11.3 Å². The molecule has 1 unspecified atom stereocenters. The van der Waals surface area contributed by atoms with Crippen molar-refractivity contribution >= 4 is 23.1 Å². The van der Waals surface area contributed by atoms with Gasteiger partial charge >= 0.3 is 0 Å². The number of rotatable bonds is 9. The van der Waals surface area contributed by atoms with Crippen LogP contribution in [0.4, 0.5) is 0 Å². The fourth-order valence-electron chi connectivity index (χ4n) is 1.60. The molecular weight excluding hydrogens is 248 g/mol. The third-order valence-electron chi connectivity index (χ3n) is 2.60. The van der Waals surface area contributed by atoms with Gasteiger partial charge in [-0.1, -0.05) is 25.1 Å². The molecule has 1 aromatic heterocycles. The molecule has 0 bridgehead atoms. The summed E-state index contributed by atoms with van der Waals surface area (Å²) < 4.78 is 1.22. The molecule has 0 saturated heterocycles. The Labute approximate surface area is 114 Å². The summed E-state index contributed by atoms with van der Waals surface area (Å²) in [6.45, 7) is 7.70. The normalized spacial score (nSPS) is 12.9. The molecular formula is C13H24N2S2. The molecule has 0 aliphatic heterocycles. The van der Waals surface area contributed by atoms with Gasteiger partial charge in [-0.2, -0.15) is 0 Å². The molecule has 98 valence electrons. The van der Waals surface area contributed by atoms with Crippen molar-refractivity contribution in [3.8, 4) is 0 Å². The molecule has 0 aromatic carbocycles. The summed E-state index contributed by atoms with van der Waals surface area (Å²) in [6.07, 6.45) is 5.12. The second-order valence-corrected chi connectivity index (χ2v) is 6.65. The van der Waals surface area contributed by atoms with E-state index in [2.05, 4.69) is 36.5 Å². The van der Waals surface area contributed by atoms with E-state index in [0.29, 0.717) is 6.04 Å². The molecule has 0 radical (unpaired) electrons. The van der Waals surface area contributed by atoms with Crippen molar-refractivity contribution < 1.29 is 0 Å². The maximum atomic E-state index is 4.45. The average Bonchev–Trinajstić information content (AvgIpc) is 2.72. The number of thioether (sulfide) groups is 1. The van der Waals surface area contributed by atoms with Crippen LogP contribution in [-0.2, 0) is 0 Å². The highest BCUT2D eigenvalue weighted by atomic mass is 32.2. The first kappa shape index (κ1) is 15.0. The molecule has 0 aliphatic rings. The van der Waals surface area contributed by atoms with Gasteiger partial charge in [-0.25, -0.2) is 4.98 Å². The molecule has 2 nitrogen and oxygen atoms in total. The third-order valence-corrected chi connectivity index (χ3v) is 4.82. The van der Waals surface area contributed by atoms with Crippen molar-refractivity contribution in [2.24, 2.45) is 0 Å². The van der Waals surface area contributed by atoms with E-state index in [1.807, 2.05) is 11.8 Å². The van der Waals surface area contributed by atoms with Gasteiger partial charge in [0, 0.05) is 22.9 Å². The topological polar surface area (TPSA) is 24.9 Å². The lowest BCUT2D eigenvalue weighted by Gasteiger charge is -2.12. The maximum Gasteiger partial charge on any atom is 0.150 e. The lowest BCUT2D eigenvalue weighted by atomic mass is 10.1. The lowest BCUT2D eigenvalue weighted by molar-refractivity contribution is 0.496. The summed E-state index contributed by atoms with van der Waals surface area (Å²) in [5.74, 6) is 1.20. The fourth-order valence-corrected chi connectivity index (χ4v) is 3.52. The molecule has 0 aliphatic carbocycles. The molecule has 1 aromatic rings. The van der Waals surface area contributed by atoms with Gasteiger partial charge in [0.25, 0.3) is 0 Å². The number of hydrogen-bond acceptors (Lipinski definition) is 4. The van der Waals surface area contributed by atoms with E-state index in [1.54, 1.807) is 11.3 Å². The van der Waals surface area contributed by atoms with Gasteiger partial charge in [0.05, 0.1) is 0 Å². The zero-order valence-electron chi connectivity index (χ0n) is 11.2. The zero-order valence-corrected chi connectivity index (χ0v) is 12.8. The molecule has 1 atom stereocenters. The summed E-state index contributed by atoms with van der Waals surface area (Å²) in [5.41, 5.74) is 1.15. The van der Waals surface area contributed by atoms with Crippen LogP contribution in [0.25, 0.3) is 0 Å². The smallest absolute Gasteiger partial charge is 0.150 e. The van der Waals surface area contributed by atoms with Crippen LogP contribution in [0.5, 0.6) is 0 Å². The number of nitrogens with zero attached hydrogens (tertiary/aromatic N) is 1. The largest absolute Gasteiger partial charge is 0.314 e. The van der Waals surface area contributed by atoms with Crippen molar-refractivity contribution in [3.05, 3.63) is 11.1 Å². The molecule has 0 fully saturated rings. The number of hydrogen-bond donors (Lipinski definition) is 1. The van der Waals surface area contributed by atoms with E-state index < -0.39 is 0 Å². The third kappa shape index (κ3) is 7.06. The van der Waals surface area contributed by atoms with Crippen LogP contribution in [-0.4, -0.2) is 23.3 Å². The van der Waals surface area contributed by atoms with Crippen molar-refractivity contribution in [1.82, 2.24) is 10.3 Å². The Kier molecular flexibility index (Phi) is 7.90. The Balaban J connectivity index is 1.97. The van der Waals surface area contributed by atoms with Gasteiger partial charge in [0.15, 0.2) is 0 Å². The average molecular weight is 272 g/mol. The van der Waals surface area contributed by atoms with Crippen molar-refractivity contribution in [2.75, 3.05) is 12.3 Å². The van der Waals surface area contributed by atoms with Gasteiger partial charge < -0.3 is 5.32 Å². The molecule has 0 spiro atoms. The number of nitrogens with one attached hydrogen (secondary N) is 1. The van der Waals surface area contributed by atoms with Crippen molar-refractivity contribution in [3.63, 3.8) is 0 Å². The summed E-state index contributed by atoms with van der Waals surface area (Å²) >= 11 is 3.66. The molecule has 17 heavy (non-hydrogen) atoms. The number of aryl methyl sites for hydroxylation is 1. The first-order valence-corrected chi connectivity index (χ1v) is 8.37. The number of thiazole rings is 1. The van der Waals surface area contributed by atoms with Crippen LogP contribution in [0.3, 0.4) is 0 Å². The predicted molar refractivity (Wildman–Crippen MR) is 79.2 cm³/mol. The van der Waals surface area contributed by atoms with Gasteiger partial charge in [0.2, 0.25) is 0 Å². The maximum absolute atomic E-state index is 4.45. The zero-order chi connectivity index (χ0) is 12.5. The SMILES string of the molecule is CCCNC(C)CCCCSc1nc(C)cs1. The molecule has 0 saturated carbocycles. The number of aromatic nitrogens is 1. The quantitative estimate of drug-likeness (QED) is 0.541. The second-order valence-electron chi connectivity index (χ2n) is 4.45. The Morgan fingerprint density at radius 1 is 1.47 bits per heavy atom. The van der Waals surface area contributed by atoms with Crippen molar-refractivity contribution in [2.45, 2.75) is 56.8 Å². The monoisotopic (exact) mass is 272 g/mol. The highest BCUT2D eigenvalue weighted by molar-refractivity contribution is 8.00. The minimum atomic E-state index is 0.669. The van der Waals surface area contributed by atoms with Crippen LogP contribution < -0.4 is 5.32 Å². The highest BCUT2D eigenvalue weighted by Crippen LogP contribution is 2.23. The van der Waals surface area contributed by atoms with E-state index in [4.69, 9.17) is 0 Å². The van der Waals surface area contributed by atoms with E-state index in [9.17, 15) is 0 Å². The summed E-state index contributed by atoms with van der Waals surface area (Å²) in [6, 6.07) is 0.669. The van der Waals surface area contributed by atoms with Gasteiger partial charge in [-0.3, -0.25) is 0 Å². The summed E-state index contributed by atoms with van der Waals surface area (Å²) in [5, 5.41) is 5.65. The Hall–Kier alpha value is -0.0600. The van der Waals surface area contributed by atoms with E-state index in [1.165, 1.54) is 35.8 Å². The van der Waals surface area contributed by atoms with Gasteiger partial charge in [0.1, 0.15) is 4.34 Å². The van der Waals surface area contributed by atoms with Crippen molar-refractivity contribution in [1.29, 1.82) is 0 Å². The molecule has 4 heteroatoms. The Morgan fingerprint density at radius 2 is 2.29 bits per heavy atom. The summed E-state index contributed by atoms with van der Waals surface area (Å²) in [7, 11) is 0. The minimum Gasteiger partial charge on any atom is -0.314 e. The number of unbranched alkanes of at least 4 members (excludes halogenated alkanes) is 1. The van der Waals surface area contributed by atoms with E-state index >= 15 is 0 Å². The lowest BCUT2D eigenvalue weighted by Crippen LogP contribution is -2.26. The first-order chi connectivity index (χ1) is 8.22. The minimum absolute atomic E-state index is 0.669. The molecule has 1 rings (SSSR count). The second kappa shape index (κ2) is 8.95. The van der Waals surface area contributed by atoms with Crippen LogP contribution in [0.15, 0.2) is 9.72 Å². The standard InChI is InChI=1S/C13H24N2S2/c1-4-8-14-11(2)7-5-6-9-16-13-15-12(3)10-17-13/h10-11,14H,4-9H2,1-3H3. The highest BCUT2D eigenvalue weighted by Gasteiger charge is 2.01. The van der Waals surface area contributed by atoms with E-state index in [-0.39, 0.29) is 0 Å². The fraction of sp³-hybridized carbons (Fsp3) is 0.769. The molecule has 0 amide bonds.